The molecule has 0 saturated carbocycles. The van der Waals surface area contributed by atoms with Gasteiger partial charge in [-0.1, -0.05) is 11.8 Å². The van der Waals surface area contributed by atoms with Crippen LogP contribution in [0.4, 0.5) is 0 Å². The van der Waals surface area contributed by atoms with Gasteiger partial charge in [-0.05, 0) is 37.0 Å². The number of carbonyl (C=O) groups excluding carboxylic acids is 2. The fraction of sp³-hybridized carbons (Fsp3) is 0.458. The zero-order chi connectivity index (χ0) is 24.2. The van der Waals surface area contributed by atoms with Crippen LogP contribution >= 0.6 is 11.8 Å². The molecule has 0 aromatic heterocycles. The van der Waals surface area contributed by atoms with Gasteiger partial charge in [0.1, 0.15) is 11.5 Å². The summed E-state index contributed by atoms with van der Waals surface area (Å²) in [6, 6.07) is 4.97. The number of hydrogen-bond donors (Lipinski definition) is 0. The molecule has 1 saturated heterocycles. The van der Waals surface area contributed by atoms with E-state index in [-0.39, 0.29) is 18.9 Å². The smallest absolute Gasteiger partial charge is 0.338 e. The van der Waals surface area contributed by atoms with Crippen LogP contribution in [0.25, 0.3) is 0 Å². The molecule has 182 valence electrons. The van der Waals surface area contributed by atoms with Gasteiger partial charge < -0.3 is 28.7 Å². The van der Waals surface area contributed by atoms with Crippen molar-refractivity contribution in [3.05, 3.63) is 46.1 Å². The minimum atomic E-state index is -0.547. The van der Waals surface area contributed by atoms with Gasteiger partial charge in [0.15, 0.2) is 5.17 Å². The predicted octanol–water partition coefficient (Wildman–Crippen LogP) is 3.09. The first kappa shape index (κ1) is 24.2. The number of allylic oxidation sites excluding steroid dienone is 1. The molecule has 0 N–H and O–H groups in total. The normalized spacial score (nSPS) is 19.9. The number of aliphatic imine (C=N–C) groups is 1. The van der Waals surface area contributed by atoms with Gasteiger partial charge in [-0.25, -0.2) is 9.79 Å². The third-order valence-electron chi connectivity index (χ3n) is 5.88. The summed E-state index contributed by atoms with van der Waals surface area (Å²) in [5, 5.41) is 2.64. The van der Waals surface area contributed by atoms with E-state index in [0.29, 0.717) is 54.2 Å². The van der Waals surface area contributed by atoms with Crippen molar-refractivity contribution in [2.75, 3.05) is 47.1 Å². The summed E-state index contributed by atoms with van der Waals surface area (Å²) in [7, 11) is 3.16. The van der Waals surface area contributed by atoms with E-state index in [9.17, 15) is 9.59 Å². The van der Waals surface area contributed by atoms with Crippen LogP contribution in [0.15, 0.2) is 45.6 Å². The van der Waals surface area contributed by atoms with Crippen molar-refractivity contribution in [3.8, 4) is 11.5 Å². The lowest BCUT2D eigenvalue weighted by molar-refractivity contribution is -0.139. The zero-order valence-electron chi connectivity index (χ0n) is 19.8. The average Bonchev–Trinajstić information content (AvgIpc) is 3.25. The number of benzene rings is 1. The van der Waals surface area contributed by atoms with Crippen molar-refractivity contribution >= 4 is 28.8 Å². The van der Waals surface area contributed by atoms with E-state index in [4.69, 9.17) is 18.9 Å². The highest BCUT2D eigenvalue weighted by Crippen LogP contribution is 2.46. The van der Waals surface area contributed by atoms with E-state index in [2.05, 4.69) is 4.99 Å². The lowest BCUT2D eigenvalue weighted by Gasteiger charge is -2.37. The maximum atomic E-state index is 13.1. The van der Waals surface area contributed by atoms with Crippen molar-refractivity contribution in [2.45, 2.75) is 26.3 Å². The number of nitrogens with zero attached hydrogens (tertiary/aromatic N) is 3. The Balaban J connectivity index is 1.75. The second-order valence-electron chi connectivity index (χ2n) is 7.93. The molecular weight excluding hydrogens is 458 g/mol. The summed E-state index contributed by atoms with van der Waals surface area (Å²) in [4.78, 5) is 34.6. The molecule has 1 aromatic carbocycles. The van der Waals surface area contributed by atoms with E-state index < -0.39 is 12.0 Å². The second-order valence-corrected chi connectivity index (χ2v) is 8.77. The minimum Gasteiger partial charge on any atom is -0.497 e. The van der Waals surface area contributed by atoms with E-state index in [0.717, 1.165) is 11.3 Å². The Bertz CT molecular complexity index is 1040. The Labute approximate surface area is 203 Å². The molecule has 1 atom stereocenters. The number of ether oxygens (including phenoxy) is 4. The second kappa shape index (κ2) is 10.5. The molecule has 3 aliphatic heterocycles. The molecule has 1 amide bonds. The number of carbonyl (C=O) groups is 2. The Morgan fingerprint density at radius 1 is 1.15 bits per heavy atom. The van der Waals surface area contributed by atoms with Crippen LogP contribution in [0.2, 0.25) is 0 Å². The van der Waals surface area contributed by atoms with Crippen LogP contribution in [-0.4, -0.2) is 74.0 Å². The van der Waals surface area contributed by atoms with Gasteiger partial charge in [-0.15, -0.1) is 0 Å². The molecule has 9 nitrogen and oxygen atoms in total. The molecule has 0 radical (unpaired) electrons. The van der Waals surface area contributed by atoms with Crippen molar-refractivity contribution in [2.24, 2.45) is 4.99 Å². The molecule has 1 aromatic rings. The molecule has 3 heterocycles. The molecule has 10 heteroatoms. The van der Waals surface area contributed by atoms with Crippen molar-refractivity contribution in [3.63, 3.8) is 0 Å². The first-order chi connectivity index (χ1) is 16.5. The largest absolute Gasteiger partial charge is 0.497 e. The monoisotopic (exact) mass is 487 g/mol. The van der Waals surface area contributed by atoms with Gasteiger partial charge in [0.2, 0.25) is 5.91 Å². The van der Waals surface area contributed by atoms with Crippen LogP contribution in [0.5, 0.6) is 11.5 Å². The number of amides is 1. The first-order valence-corrected chi connectivity index (χ1v) is 12.0. The van der Waals surface area contributed by atoms with Crippen LogP contribution in [-0.2, 0) is 19.1 Å². The summed E-state index contributed by atoms with van der Waals surface area (Å²) in [6.45, 7) is 6.04. The fourth-order valence-electron chi connectivity index (χ4n) is 4.22. The highest BCUT2D eigenvalue weighted by atomic mass is 32.2. The van der Waals surface area contributed by atoms with Crippen LogP contribution in [0, 0.1) is 0 Å². The number of fused-ring (bicyclic) bond motifs is 1. The Morgan fingerprint density at radius 2 is 1.82 bits per heavy atom. The van der Waals surface area contributed by atoms with Gasteiger partial charge in [-0.2, -0.15) is 0 Å². The average molecular weight is 488 g/mol. The number of methoxy groups -OCH3 is 2. The Kier molecular flexibility index (Phi) is 7.47. The summed E-state index contributed by atoms with van der Waals surface area (Å²) < 4.78 is 21.8. The van der Waals surface area contributed by atoms with Gasteiger partial charge in [-0.3, -0.25) is 4.79 Å². The Morgan fingerprint density at radius 3 is 2.44 bits per heavy atom. The van der Waals surface area contributed by atoms with E-state index in [1.165, 1.54) is 11.8 Å². The maximum Gasteiger partial charge on any atom is 0.338 e. The number of hydrogen-bond acceptors (Lipinski definition) is 9. The van der Waals surface area contributed by atoms with E-state index >= 15 is 0 Å². The molecule has 0 bridgehead atoms. The van der Waals surface area contributed by atoms with Crippen molar-refractivity contribution in [1.29, 1.82) is 0 Å². The Hall–Kier alpha value is -2.98. The van der Waals surface area contributed by atoms with Crippen LogP contribution in [0.1, 0.15) is 31.9 Å². The van der Waals surface area contributed by atoms with Crippen molar-refractivity contribution < 1.29 is 28.5 Å². The van der Waals surface area contributed by atoms with Gasteiger partial charge in [0, 0.05) is 24.9 Å². The van der Waals surface area contributed by atoms with Gasteiger partial charge in [0.05, 0.1) is 57.8 Å². The summed E-state index contributed by atoms with van der Waals surface area (Å²) in [6.07, 6.45) is 0.193. The number of esters is 1. The zero-order valence-corrected chi connectivity index (χ0v) is 20.6. The van der Waals surface area contributed by atoms with Crippen LogP contribution in [0.3, 0.4) is 0 Å². The number of rotatable bonds is 7. The first-order valence-electron chi connectivity index (χ1n) is 11.2. The fourth-order valence-corrected chi connectivity index (χ4v) is 5.19. The molecule has 0 aliphatic carbocycles. The number of amidine groups is 1. The summed E-state index contributed by atoms with van der Waals surface area (Å²) >= 11 is 1.44. The highest BCUT2D eigenvalue weighted by Gasteiger charge is 2.41. The lowest BCUT2D eigenvalue weighted by Crippen LogP contribution is -2.42. The standard InChI is InChI=1S/C24H29N3O6S/c1-5-33-23(29)21-15(2)25-24-27(22(21)16-10-18(30-3)13-19(11-16)31-4)17(14-34-24)12-20(28)26-6-8-32-9-7-26/h10-11,13-14,22H,5-9,12H2,1-4H3. The topological polar surface area (TPSA) is 89.9 Å². The molecule has 1 fully saturated rings. The number of thioether (sulfide) groups is 1. The molecule has 1 unspecified atom stereocenters. The highest BCUT2D eigenvalue weighted by molar-refractivity contribution is 8.16. The maximum absolute atomic E-state index is 13.1. The molecule has 4 rings (SSSR count). The van der Waals surface area contributed by atoms with Gasteiger partial charge >= 0.3 is 5.97 Å². The minimum absolute atomic E-state index is 0.0160. The third-order valence-corrected chi connectivity index (χ3v) is 6.77. The molecule has 3 aliphatic rings. The third kappa shape index (κ3) is 4.78. The molecule has 0 spiro atoms. The van der Waals surface area contributed by atoms with Crippen LogP contribution < -0.4 is 9.47 Å². The molecular formula is C24H29N3O6S. The lowest BCUT2D eigenvalue weighted by atomic mass is 9.93. The van der Waals surface area contributed by atoms with E-state index in [1.807, 2.05) is 27.3 Å². The van der Waals surface area contributed by atoms with Crippen molar-refractivity contribution in [1.82, 2.24) is 9.80 Å². The van der Waals surface area contributed by atoms with E-state index in [1.54, 1.807) is 34.1 Å². The summed E-state index contributed by atoms with van der Waals surface area (Å²) in [5.41, 5.74) is 2.56. The summed E-state index contributed by atoms with van der Waals surface area (Å²) in [5.74, 6) is 0.773. The quantitative estimate of drug-likeness (QED) is 0.542. The number of morpholine rings is 1. The molecule has 34 heavy (non-hydrogen) atoms. The van der Waals surface area contributed by atoms with Gasteiger partial charge in [0.25, 0.3) is 0 Å². The predicted molar refractivity (Wildman–Crippen MR) is 129 cm³/mol. The SMILES string of the molecule is CCOC(=O)C1=C(C)N=C2SC=C(CC(=O)N3CCOCC3)N2C1c1cc(OC)cc(OC)c1.